The van der Waals surface area contributed by atoms with E-state index in [1.807, 2.05) is 0 Å². The molecule has 1 heterocycles. The van der Waals surface area contributed by atoms with Crippen LogP contribution in [0.25, 0.3) is 0 Å². The highest BCUT2D eigenvalue weighted by molar-refractivity contribution is 5.97. The number of nitrogens with one attached hydrogen (secondary N) is 1. The SMILES string of the molecule is CCOC(=O)C1=C(C(F)(F)F)CN(C(=O)c2ccc([N+](=O)[O-])cc2)N1. The molecular formula is C14H12F3N3O5. The first-order valence-electron chi connectivity index (χ1n) is 6.95. The number of esters is 1. The van der Waals surface area contributed by atoms with E-state index in [2.05, 4.69) is 10.2 Å². The Kier molecular flexibility index (Phi) is 4.95. The van der Waals surface area contributed by atoms with Gasteiger partial charge in [-0.05, 0) is 19.1 Å². The van der Waals surface area contributed by atoms with Crippen molar-refractivity contribution in [2.24, 2.45) is 0 Å². The van der Waals surface area contributed by atoms with Crippen LogP contribution in [0.3, 0.4) is 0 Å². The zero-order valence-corrected chi connectivity index (χ0v) is 12.8. The van der Waals surface area contributed by atoms with Gasteiger partial charge in [-0.25, -0.2) is 9.80 Å². The lowest BCUT2D eigenvalue weighted by Gasteiger charge is -2.18. The maximum atomic E-state index is 13.1. The first-order chi connectivity index (χ1) is 11.6. The van der Waals surface area contributed by atoms with E-state index in [0.717, 1.165) is 24.3 Å². The molecule has 0 unspecified atom stereocenters. The van der Waals surface area contributed by atoms with Crippen LogP contribution in [0.4, 0.5) is 18.9 Å². The summed E-state index contributed by atoms with van der Waals surface area (Å²) in [5, 5.41) is 11.2. The molecule has 1 amide bonds. The quantitative estimate of drug-likeness (QED) is 0.501. The molecule has 2 rings (SSSR count). The fourth-order valence-corrected chi connectivity index (χ4v) is 2.09. The summed E-state index contributed by atoms with van der Waals surface area (Å²) in [5.41, 5.74) is -0.339. The molecule has 1 aromatic rings. The highest BCUT2D eigenvalue weighted by atomic mass is 19.4. The van der Waals surface area contributed by atoms with Crippen molar-refractivity contribution in [2.45, 2.75) is 13.1 Å². The maximum Gasteiger partial charge on any atom is 0.416 e. The number of hydrogen-bond acceptors (Lipinski definition) is 6. The molecule has 25 heavy (non-hydrogen) atoms. The number of rotatable bonds is 4. The molecule has 11 heteroatoms. The summed E-state index contributed by atoms with van der Waals surface area (Å²) in [6.07, 6.45) is -4.83. The lowest BCUT2D eigenvalue weighted by Crippen LogP contribution is -2.39. The topological polar surface area (TPSA) is 102 Å². The number of ether oxygens (including phenoxy) is 1. The Balaban J connectivity index is 2.23. The molecule has 1 aliphatic heterocycles. The van der Waals surface area contributed by atoms with Crippen molar-refractivity contribution >= 4 is 17.6 Å². The first kappa shape index (κ1) is 18.2. The second-order valence-electron chi connectivity index (χ2n) is 4.88. The largest absolute Gasteiger partial charge is 0.461 e. The molecule has 0 spiro atoms. The summed E-state index contributed by atoms with van der Waals surface area (Å²) >= 11 is 0. The molecule has 0 saturated carbocycles. The Morgan fingerprint density at radius 1 is 1.32 bits per heavy atom. The van der Waals surface area contributed by atoms with Gasteiger partial charge in [0.05, 0.1) is 23.6 Å². The molecule has 0 atom stereocenters. The van der Waals surface area contributed by atoms with E-state index >= 15 is 0 Å². The van der Waals surface area contributed by atoms with Gasteiger partial charge in [-0.1, -0.05) is 0 Å². The molecule has 0 fully saturated rings. The lowest BCUT2D eigenvalue weighted by molar-refractivity contribution is -0.384. The fraction of sp³-hybridized carbons (Fsp3) is 0.286. The van der Waals surface area contributed by atoms with E-state index in [1.54, 1.807) is 0 Å². The highest BCUT2D eigenvalue weighted by Crippen LogP contribution is 2.32. The van der Waals surface area contributed by atoms with Gasteiger partial charge in [-0.3, -0.25) is 20.3 Å². The predicted molar refractivity (Wildman–Crippen MR) is 77.0 cm³/mol. The van der Waals surface area contributed by atoms with E-state index in [1.165, 1.54) is 6.92 Å². The molecule has 0 aromatic heterocycles. The second kappa shape index (κ2) is 6.79. The number of carbonyl (C=O) groups excluding carboxylic acids is 2. The van der Waals surface area contributed by atoms with Crippen molar-refractivity contribution < 1.29 is 32.4 Å². The van der Waals surface area contributed by atoms with Crippen molar-refractivity contribution in [1.82, 2.24) is 10.4 Å². The average Bonchev–Trinajstić information content (AvgIpc) is 3.00. The summed E-state index contributed by atoms with van der Waals surface area (Å²) in [6, 6.07) is 4.32. The minimum Gasteiger partial charge on any atom is -0.461 e. The minimum absolute atomic E-state index is 0.0790. The monoisotopic (exact) mass is 359 g/mol. The number of amides is 1. The van der Waals surface area contributed by atoms with Gasteiger partial charge in [0.25, 0.3) is 11.6 Å². The van der Waals surface area contributed by atoms with Gasteiger partial charge in [0.1, 0.15) is 5.70 Å². The Morgan fingerprint density at radius 2 is 1.92 bits per heavy atom. The molecule has 1 aliphatic rings. The highest BCUT2D eigenvalue weighted by Gasteiger charge is 2.45. The third kappa shape index (κ3) is 3.87. The molecule has 0 radical (unpaired) electrons. The van der Waals surface area contributed by atoms with Crippen LogP contribution in [-0.2, 0) is 9.53 Å². The number of hydrogen-bond donors (Lipinski definition) is 1. The van der Waals surface area contributed by atoms with Gasteiger partial charge >= 0.3 is 12.1 Å². The number of carbonyl (C=O) groups is 2. The van der Waals surface area contributed by atoms with Crippen LogP contribution in [0.15, 0.2) is 35.5 Å². The van der Waals surface area contributed by atoms with Crippen molar-refractivity contribution in [2.75, 3.05) is 13.2 Å². The molecule has 8 nitrogen and oxygen atoms in total. The third-order valence-corrected chi connectivity index (χ3v) is 3.26. The number of nitrogens with zero attached hydrogens (tertiary/aromatic N) is 2. The van der Waals surface area contributed by atoms with Crippen LogP contribution in [0, 0.1) is 10.1 Å². The first-order valence-corrected chi connectivity index (χ1v) is 6.95. The van der Waals surface area contributed by atoms with Crippen molar-refractivity contribution in [3.63, 3.8) is 0 Å². The number of benzene rings is 1. The maximum absolute atomic E-state index is 13.1. The summed E-state index contributed by atoms with van der Waals surface area (Å²) in [7, 11) is 0. The van der Waals surface area contributed by atoms with Crippen LogP contribution in [0.2, 0.25) is 0 Å². The van der Waals surface area contributed by atoms with Crippen LogP contribution in [-0.4, -0.2) is 41.1 Å². The zero-order valence-electron chi connectivity index (χ0n) is 12.8. The summed E-state index contributed by atoms with van der Waals surface area (Å²) in [6.45, 7) is 0.402. The predicted octanol–water partition coefficient (Wildman–Crippen LogP) is 1.93. The Morgan fingerprint density at radius 3 is 2.40 bits per heavy atom. The number of alkyl halides is 3. The number of hydrazine groups is 1. The van der Waals surface area contributed by atoms with Crippen LogP contribution in [0.5, 0.6) is 0 Å². The van der Waals surface area contributed by atoms with Crippen molar-refractivity contribution in [3.8, 4) is 0 Å². The van der Waals surface area contributed by atoms with Gasteiger partial charge in [0, 0.05) is 17.7 Å². The standard InChI is InChI=1S/C14H12F3N3O5/c1-2-25-13(22)11-10(14(15,16)17)7-19(18-11)12(21)8-3-5-9(6-4-8)20(23)24/h3-6,18H,2,7H2,1H3. The van der Waals surface area contributed by atoms with Crippen LogP contribution in [0.1, 0.15) is 17.3 Å². The van der Waals surface area contributed by atoms with Gasteiger partial charge < -0.3 is 4.74 Å². The van der Waals surface area contributed by atoms with Crippen LogP contribution >= 0.6 is 0 Å². The van der Waals surface area contributed by atoms with Crippen LogP contribution < -0.4 is 5.43 Å². The number of nitro benzene ring substituents is 1. The molecule has 0 saturated heterocycles. The van der Waals surface area contributed by atoms with Crippen molar-refractivity contribution in [1.29, 1.82) is 0 Å². The average molecular weight is 359 g/mol. The zero-order chi connectivity index (χ0) is 18.8. The number of nitro groups is 1. The van der Waals surface area contributed by atoms with Gasteiger partial charge in [0.2, 0.25) is 0 Å². The molecular weight excluding hydrogens is 347 g/mol. The fourth-order valence-electron chi connectivity index (χ4n) is 2.09. The van der Waals surface area contributed by atoms with E-state index in [0.29, 0.717) is 5.01 Å². The number of non-ortho nitro benzene ring substituents is 1. The van der Waals surface area contributed by atoms with Gasteiger partial charge in [-0.2, -0.15) is 13.2 Å². The second-order valence-corrected chi connectivity index (χ2v) is 4.88. The van der Waals surface area contributed by atoms with Gasteiger partial charge in [-0.15, -0.1) is 0 Å². The lowest BCUT2D eigenvalue weighted by atomic mass is 10.2. The summed E-state index contributed by atoms with van der Waals surface area (Å²) < 4.78 is 43.8. The molecule has 134 valence electrons. The minimum atomic E-state index is -4.83. The smallest absolute Gasteiger partial charge is 0.416 e. The summed E-state index contributed by atoms with van der Waals surface area (Å²) in [4.78, 5) is 33.9. The summed E-state index contributed by atoms with van der Waals surface area (Å²) in [5.74, 6) is -2.11. The Labute approximate surface area is 139 Å². The van der Waals surface area contributed by atoms with Crippen molar-refractivity contribution in [3.05, 3.63) is 51.2 Å². The Bertz CT molecular complexity index is 743. The molecule has 1 aromatic carbocycles. The molecule has 0 bridgehead atoms. The normalized spacial score (nSPS) is 14.3. The Hall–Kier alpha value is -3.11. The van der Waals surface area contributed by atoms with E-state index < -0.39 is 40.8 Å². The van der Waals surface area contributed by atoms with E-state index in [4.69, 9.17) is 0 Å². The number of halogens is 3. The third-order valence-electron chi connectivity index (χ3n) is 3.26. The van der Waals surface area contributed by atoms with Gasteiger partial charge in [0.15, 0.2) is 0 Å². The molecule has 1 N–H and O–H groups in total. The van der Waals surface area contributed by atoms with E-state index in [-0.39, 0.29) is 17.9 Å². The molecule has 0 aliphatic carbocycles. The van der Waals surface area contributed by atoms with E-state index in [9.17, 15) is 32.9 Å².